The van der Waals surface area contributed by atoms with Crippen LogP contribution in [-0.2, 0) is 11.3 Å². The molecule has 2 aromatic rings. The highest BCUT2D eigenvalue weighted by molar-refractivity contribution is 5.94. The minimum absolute atomic E-state index is 0.0420. The van der Waals surface area contributed by atoms with Crippen LogP contribution in [0.15, 0.2) is 47.5 Å². The Bertz CT molecular complexity index is 882. The maximum absolute atomic E-state index is 12.0. The molecule has 1 amide bonds. The molecular formula is C22H28N4O3. The van der Waals surface area contributed by atoms with Gasteiger partial charge in [-0.3, -0.25) is 4.79 Å². The number of fused-ring (bicyclic) bond motifs is 1. The summed E-state index contributed by atoms with van der Waals surface area (Å²) in [6.07, 6.45) is 0.454. The molecule has 0 spiro atoms. The van der Waals surface area contributed by atoms with Crippen molar-refractivity contribution in [3.63, 3.8) is 0 Å². The van der Waals surface area contributed by atoms with Crippen molar-refractivity contribution in [1.82, 2.24) is 10.6 Å². The van der Waals surface area contributed by atoms with Crippen LogP contribution in [-0.4, -0.2) is 39.2 Å². The van der Waals surface area contributed by atoms with Crippen molar-refractivity contribution in [2.75, 3.05) is 32.6 Å². The first-order valence-corrected chi connectivity index (χ1v) is 9.76. The predicted octanol–water partition coefficient (Wildman–Crippen LogP) is 2.88. The van der Waals surface area contributed by atoms with Gasteiger partial charge in [0.2, 0.25) is 5.91 Å². The van der Waals surface area contributed by atoms with E-state index >= 15 is 0 Å². The molecule has 0 fully saturated rings. The second kappa shape index (κ2) is 9.82. The fraction of sp³-hybridized carbons (Fsp3) is 0.364. The van der Waals surface area contributed by atoms with Crippen LogP contribution in [0, 0.1) is 0 Å². The van der Waals surface area contributed by atoms with Gasteiger partial charge in [-0.15, -0.1) is 0 Å². The number of methoxy groups -OCH3 is 2. The average Bonchev–Trinajstić information content (AvgIpc) is 2.75. The van der Waals surface area contributed by atoms with Gasteiger partial charge in [-0.05, 0) is 30.7 Å². The second-order valence-corrected chi connectivity index (χ2v) is 6.79. The van der Waals surface area contributed by atoms with Crippen LogP contribution in [0.1, 0.15) is 30.4 Å². The van der Waals surface area contributed by atoms with Crippen LogP contribution < -0.4 is 25.4 Å². The summed E-state index contributed by atoms with van der Waals surface area (Å²) in [7, 11) is 3.26. The van der Waals surface area contributed by atoms with Crippen LogP contribution >= 0.6 is 0 Å². The van der Waals surface area contributed by atoms with Gasteiger partial charge in [0, 0.05) is 42.7 Å². The van der Waals surface area contributed by atoms with Gasteiger partial charge in [-0.2, -0.15) is 0 Å². The van der Waals surface area contributed by atoms with Crippen molar-refractivity contribution in [3.8, 4) is 11.5 Å². The molecule has 3 rings (SSSR count). The lowest BCUT2D eigenvalue weighted by molar-refractivity contribution is -0.116. The topological polar surface area (TPSA) is 84.0 Å². The first kappa shape index (κ1) is 20.5. The highest BCUT2D eigenvalue weighted by atomic mass is 16.5. The molecule has 1 atom stereocenters. The van der Waals surface area contributed by atoms with E-state index in [4.69, 9.17) is 9.47 Å². The number of ether oxygens (including phenoxy) is 2. The summed E-state index contributed by atoms with van der Waals surface area (Å²) in [5.41, 5.74) is 3.00. The minimum atomic E-state index is 0.0420. The monoisotopic (exact) mass is 396 g/mol. The number of hydrogen-bond donors (Lipinski definition) is 3. The fourth-order valence-electron chi connectivity index (χ4n) is 3.39. The summed E-state index contributed by atoms with van der Waals surface area (Å²) in [5.74, 6) is 2.32. The van der Waals surface area contributed by atoms with Crippen molar-refractivity contribution in [2.24, 2.45) is 4.99 Å². The van der Waals surface area contributed by atoms with Gasteiger partial charge in [-0.25, -0.2) is 4.99 Å². The Kier molecular flexibility index (Phi) is 6.94. The standard InChI is InChI=1S/C22H28N4O3/c1-4-23-22(24-13-15-9-10-17(28-2)12-20(15)29-3)25-14-16-11-21(27)26-19-8-6-5-7-18(16)19/h5-10,12,16H,4,11,13-14H2,1-3H3,(H,26,27)(H2,23,24,25). The van der Waals surface area contributed by atoms with E-state index in [-0.39, 0.29) is 11.8 Å². The normalized spacial score (nSPS) is 15.9. The molecular weight excluding hydrogens is 368 g/mol. The van der Waals surface area contributed by atoms with Gasteiger partial charge in [0.05, 0.1) is 20.8 Å². The number of rotatable bonds is 7. The molecule has 1 heterocycles. The van der Waals surface area contributed by atoms with Crippen LogP contribution in [0.25, 0.3) is 0 Å². The minimum Gasteiger partial charge on any atom is -0.497 e. The molecule has 0 saturated carbocycles. The predicted molar refractivity (Wildman–Crippen MR) is 115 cm³/mol. The highest BCUT2D eigenvalue weighted by Gasteiger charge is 2.24. The van der Waals surface area contributed by atoms with Crippen molar-refractivity contribution in [3.05, 3.63) is 53.6 Å². The Balaban J connectivity index is 1.70. The van der Waals surface area contributed by atoms with E-state index in [1.54, 1.807) is 14.2 Å². The molecule has 3 N–H and O–H groups in total. The van der Waals surface area contributed by atoms with Gasteiger partial charge < -0.3 is 25.4 Å². The largest absolute Gasteiger partial charge is 0.497 e. The molecule has 2 aromatic carbocycles. The Labute approximate surface area is 171 Å². The number of anilines is 1. The number of amides is 1. The van der Waals surface area contributed by atoms with E-state index < -0.39 is 0 Å². The lowest BCUT2D eigenvalue weighted by Crippen LogP contribution is -2.40. The average molecular weight is 396 g/mol. The van der Waals surface area contributed by atoms with Gasteiger partial charge in [-0.1, -0.05) is 18.2 Å². The SMILES string of the molecule is CCNC(=NCc1ccc(OC)cc1OC)NCC1CC(=O)Nc2ccccc21. The van der Waals surface area contributed by atoms with Crippen molar-refractivity contribution in [2.45, 2.75) is 25.8 Å². The van der Waals surface area contributed by atoms with Crippen LogP contribution in [0.5, 0.6) is 11.5 Å². The number of nitrogens with one attached hydrogen (secondary N) is 3. The zero-order valence-electron chi connectivity index (χ0n) is 17.1. The molecule has 0 bridgehead atoms. The number of hydrogen-bond acceptors (Lipinski definition) is 4. The van der Waals surface area contributed by atoms with Crippen LogP contribution in [0.3, 0.4) is 0 Å². The molecule has 7 heteroatoms. The van der Waals surface area contributed by atoms with Crippen LogP contribution in [0.4, 0.5) is 5.69 Å². The molecule has 0 radical (unpaired) electrons. The molecule has 0 aromatic heterocycles. The zero-order chi connectivity index (χ0) is 20.6. The molecule has 0 aliphatic carbocycles. The number of guanidine groups is 1. The number of para-hydroxylation sites is 1. The number of nitrogens with zero attached hydrogens (tertiary/aromatic N) is 1. The lowest BCUT2D eigenvalue weighted by Gasteiger charge is -2.26. The molecule has 1 aliphatic heterocycles. The third-order valence-electron chi connectivity index (χ3n) is 4.87. The third-order valence-corrected chi connectivity index (χ3v) is 4.87. The quantitative estimate of drug-likeness (QED) is 0.495. The summed E-state index contributed by atoms with van der Waals surface area (Å²) in [5, 5.41) is 9.57. The van der Waals surface area contributed by atoms with Crippen molar-refractivity contribution >= 4 is 17.6 Å². The highest BCUT2D eigenvalue weighted by Crippen LogP contribution is 2.31. The van der Waals surface area contributed by atoms with Gasteiger partial charge >= 0.3 is 0 Å². The second-order valence-electron chi connectivity index (χ2n) is 6.79. The Morgan fingerprint density at radius 1 is 1.17 bits per heavy atom. The maximum atomic E-state index is 12.0. The summed E-state index contributed by atoms with van der Waals surface area (Å²) < 4.78 is 10.7. The number of carbonyl (C=O) groups excluding carboxylic acids is 1. The Morgan fingerprint density at radius 3 is 2.76 bits per heavy atom. The summed E-state index contributed by atoms with van der Waals surface area (Å²) in [6, 6.07) is 13.6. The Morgan fingerprint density at radius 2 is 2.00 bits per heavy atom. The smallest absolute Gasteiger partial charge is 0.225 e. The van der Waals surface area contributed by atoms with Crippen molar-refractivity contribution in [1.29, 1.82) is 0 Å². The maximum Gasteiger partial charge on any atom is 0.225 e. The molecule has 7 nitrogen and oxygen atoms in total. The number of aliphatic imine (C=N–C) groups is 1. The zero-order valence-corrected chi connectivity index (χ0v) is 17.1. The molecule has 154 valence electrons. The van der Waals surface area contributed by atoms with E-state index in [1.807, 2.05) is 43.3 Å². The van der Waals surface area contributed by atoms with E-state index in [1.165, 1.54) is 0 Å². The van der Waals surface area contributed by atoms with Crippen LogP contribution in [0.2, 0.25) is 0 Å². The van der Waals surface area contributed by atoms with Crippen molar-refractivity contribution < 1.29 is 14.3 Å². The van der Waals surface area contributed by atoms with Gasteiger partial charge in [0.1, 0.15) is 11.5 Å². The summed E-state index contributed by atoms with van der Waals surface area (Å²) in [4.78, 5) is 16.7. The first-order valence-electron chi connectivity index (χ1n) is 9.76. The Hall–Kier alpha value is -3.22. The molecule has 0 saturated heterocycles. The lowest BCUT2D eigenvalue weighted by atomic mass is 9.90. The van der Waals surface area contributed by atoms with E-state index in [0.29, 0.717) is 25.5 Å². The van der Waals surface area contributed by atoms with E-state index in [9.17, 15) is 4.79 Å². The number of benzene rings is 2. The van der Waals surface area contributed by atoms with Gasteiger partial charge in [0.25, 0.3) is 0 Å². The molecule has 1 aliphatic rings. The summed E-state index contributed by atoms with van der Waals surface area (Å²) in [6.45, 7) is 3.85. The van der Waals surface area contributed by atoms with E-state index in [2.05, 4.69) is 27.0 Å². The van der Waals surface area contributed by atoms with E-state index in [0.717, 1.165) is 34.9 Å². The van der Waals surface area contributed by atoms with Gasteiger partial charge in [0.15, 0.2) is 5.96 Å². The molecule has 29 heavy (non-hydrogen) atoms. The first-order chi connectivity index (χ1) is 14.1. The number of carbonyl (C=O) groups is 1. The summed E-state index contributed by atoms with van der Waals surface area (Å²) >= 11 is 0. The third kappa shape index (κ3) is 5.19. The molecule has 1 unspecified atom stereocenters. The fourth-order valence-corrected chi connectivity index (χ4v) is 3.39.